The third-order valence-electron chi connectivity index (χ3n) is 5.12. The van der Waals surface area contributed by atoms with Crippen LogP contribution >= 0.6 is 0 Å². The van der Waals surface area contributed by atoms with Crippen molar-refractivity contribution in [3.05, 3.63) is 59.5 Å². The second kappa shape index (κ2) is 6.10. The first-order valence-corrected chi connectivity index (χ1v) is 8.89. The molecule has 1 aromatic carbocycles. The van der Waals surface area contributed by atoms with Crippen molar-refractivity contribution in [1.29, 1.82) is 5.26 Å². The van der Waals surface area contributed by atoms with Crippen LogP contribution in [-0.4, -0.2) is 15.8 Å². The van der Waals surface area contributed by atoms with Crippen LogP contribution in [0.2, 0.25) is 0 Å². The summed E-state index contributed by atoms with van der Waals surface area (Å²) < 4.78 is 0. The largest absolute Gasteiger partial charge is 0.397 e. The molecule has 0 radical (unpaired) electrons. The lowest BCUT2D eigenvalue weighted by Crippen LogP contribution is -2.26. The molecule has 4 rings (SSSR count). The van der Waals surface area contributed by atoms with Crippen LogP contribution in [0.1, 0.15) is 41.9 Å². The molecule has 5 heteroatoms. The van der Waals surface area contributed by atoms with E-state index in [1.165, 1.54) is 0 Å². The Hall–Kier alpha value is -3.39. The number of ketones is 1. The van der Waals surface area contributed by atoms with Crippen molar-refractivity contribution in [2.45, 2.75) is 26.7 Å². The predicted molar refractivity (Wildman–Crippen MR) is 105 cm³/mol. The van der Waals surface area contributed by atoms with E-state index in [2.05, 4.69) is 29.9 Å². The van der Waals surface area contributed by atoms with Crippen molar-refractivity contribution in [2.75, 3.05) is 5.73 Å². The lowest BCUT2D eigenvalue weighted by atomic mass is 9.75. The molecule has 2 aromatic heterocycles. The van der Waals surface area contributed by atoms with Gasteiger partial charge in [0.15, 0.2) is 5.78 Å². The smallest absolute Gasteiger partial charge is 0.165 e. The van der Waals surface area contributed by atoms with Gasteiger partial charge >= 0.3 is 0 Å². The summed E-state index contributed by atoms with van der Waals surface area (Å²) in [6.45, 7) is 4.20. The number of fused-ring (bicyclic) bond motifs is 1. The first kappa shape index (κ1) is 17.0. The number of carbonyl (C=O) groups is 1. The number of aromatic amines is 1. The minimum Gasteiger partial charge on any atom is -0.397 e. The summed E-state index contributed by atoms with van der Waals surface area (Å²) in [5, 5.41) is 9.37. The Bertz CT molecular complexity index is 1090. The molecular weight excluding hydrogens is 336 g/mol. The first-order valence-electron chi connectivity index (χ1n) is 8.89. The number of hydrogen-bond acceptors (Lipinski definition) is 4. The number of aromatic nitrogens is 2. The Labute approximate surface area is 157 Å². The van der Waals surface area contributed by atoms with Gasteiger partial charge < -0.3 is 10.7 Å². The van der Waals surface area contributed by atoms with Gasteiger partial charge in [-0.15, -0.1) is 0 Å². The first-order chi connectivity index (χ1) is 12.9. The van der Waals surface area contributed by atoms with Crippen molar-refractivity contribution in [1.82, 2.24) is 9.97 Å². The van der Waals surface area contributed by atoms with Gasteiger partial charge in [0.1, 0.15) is 6.07 Å². The summed E-state index contributed by atoms with van der Waals surface area (Å²) in [6, 6.07) is 11.3. The van der Waals surface area contributed by atoms with E-state index in [4.69, 9.17) is 5.73 Å². The fraction of sp³-hybridized carbons (Fsp3) is 0.227. The summed E-state index contributed by atoms with van der Waals surface area (Å²) in [5.74, 6) is 0.106. The number of carbonyl (C=O) groups excluding carboxylic acids is 1. The molecule has 2 heterocycles. The van der Waals surface area contributed by atoms with Crippen LogP contribution in [0.5, 0.6) is 0 Å². The van der Waals surface area contributed by atoms with E-state index in [1.807, 2.05) is 18.2 Å². The number of hydrogen-bond donors (Lipinski definition) is 2. The standard InChI is InChI=1S/C22H20N4O/c1-22(2)10-16-19(17(27)11-22)18(15-5-3-4-14(12-23)20(15)24)21(26-16)13-6-8-25-9-7-13/h3-9,26H,10-11,24H2,1-2H3. The normalized spacial score (nSPS) is 15.2. The minimum absolute atomic E-state index is 0.0955. The lowest BCUT2D eigenvalue weighted by molar-refractivity contribution is 0.0912. The number of nitriles is 1. The van der Waals surface area contributed by atoms with Gasteiger partial charge in [-0.25, -0.2) is 0 Å². The fourth-order valence-electron chi connectivity index (χ4n) is 3.94. The number of rotatable bonds is 2. The van der Waals surface area contributed by atoms with Crippen molar-refractivity contribution in [3.8, 4) is 28.5 Å². The highest BCUT2D eigenvalue weighted by atomic mass is 16.1. The van der Waals surface area contributed by atoms with Gasteiger partial charge in [-0.1, -0.05) is 26.0 Å². The minimum atomic E-state index is -0.0955. The van der Waals surface area contributed by atoms with E-state index in [0.717, 1.165) is 28.9 Å². The van der Waals surface area contributed by atoms with Crippen LogP contribution in [0.3, 0.4) is 0 Å². The number of nitrogens with one attached hydrogen (secondary N) is 1. The van der Waals surface area contributed by atoms with Gasteiger partial charge in [-0.3, -0.25) is 9.78 Å². The Morgan fingerprint density at radius 1 is 1.15 bits per heavy atom. The van der Waals surface area contributed by atoms with E-state index in [-0.39, 0.29) is 11.2 Å². The third-order valence-corrected chi connectivity index (χ3v) is 5.12. The van der Waals surface area contributed by atoms with Gasteiger partial charge in [0.2, 0.25) is 0 Å². The molecule has 5 nitrogen and oxygen atoms in total. The maximum Gasteiger partial charge on any atom is 0.165 e. The van der Waals surface area contributed by atoms with Crippen LogP contribution in [0.15, 0.2) is 42.7 Å². The number of pyridine rings is 1. The van der Waals surface area contributed by atoms with Gasteiger partial charge in [-0.2, -0.15) is 5.26 Å². The Morgan fingerprint density at radius 3 is 2.59 bits per heavy atom. The molecular formula is C22H20N4O. The average molecular weight is 356 g/mol. The van der Waals surface area contributed by atoms with Crippen molar-refractivity contribution in [3.63, 3.8) is 0 Å². The molecule has 0 spiro atoms. The molecule has 1 aliphatic rings. The number of nitrogen functional groups attached to an aromatic ring is 1. The molecule has 0 fully saturated rings. The van der Waals surface area contributed by atoms with E-state index < -0.39 is 0 Å². The highest BCUT2D eigenvalue weighted by molar-refractivity contribution is 6.09. The molecule has 0 aliphatic heterocycles. The number of anilines is 1. The number of H-pyrrole nitrogens is 1. The highest BCUT2D eigenvalue weighted by Crippen LogP contribution is 2.45. The molecule has 134 valence electrons. The molecule has 1 aliphatic carbocycles. The van der Waals surface area contributed by atoms with Crippen LogP contribution in [-0.2, 0) is 6.42 Å². The zero-order chi connectivity index (χ0) is 19.2. The van der Waals surface area contributed by atoms with Gasteiger partial charge in [0.25, 0.3) is 0 Å². The van der Waals surface area contributed by atoms with Gasteiger partial charge in [0.05, 0.1) is 16.9 Å². The molecule has 27 heavy (non-hydrogen) atoms. The van der Waals surface area contributed by atoms with Crippen molar-refractivity contribution >= 4 is 11.5 Å². The fourth-order valence-corrected chi connectivity index (χ4v) is 3.94. The van der Waals surface area contributed by atoms with Crippen molar-refractivity contribution < 1.29 is 4.79 Å². The number of Topliss-reactive ketones (excluding diaryl/α,β-unsaturated/α-hetero) is 1. The molecule has 3 aromatic rings. The second-order valence-corrected chi connectivity index (χ2v) is 7.78. The maximum atomic E-state index is 13.1. The maximum absolute atomic E-state index is 13.1. The van der Waals surface area contributed by atoms with E-state index >= 15 is 0 Å². The zero-order valence-corrected chi connectivity index (χ0v) is 15.3. The van der Waals surface area contributed by atoms with Gasteiger partial charge in [0, 0.05) is 46.8 Å². The lowest BCUT2D eigenvalue weighted by Gasteiger charge is -2.28. The zero-order valence-electron chi connectivity index (χ0n) is 15.3. The molecule has 0 atom stereocenters. The van der Waals surface area contributed by atoms with Crippen LogP contribution in [0.25, 0.3) is 22.4 Å². The van der Waals surface area contributed by atoms with E-state index in [1.54, 1.807) is 24.5 Å². The van der Waals surface area contributed by atoms with Crippen LogP contribution < -0.4 is 5.73 Å². The number of nitrogens with two attached hydrogens (primary N) is 1. The van der Waals surface area contributed by atoms with E-state index in [0.29, 0.717) is 28.8 Å². The monoisotopic (exact) mass is 356 g/mol. The molecule has 0 unspecified atom stereocenters. The predicted octanol–water partition coefficient (Wildman–Crippen LogP) is 4.35. The molecule has 0 amide bonds. The van der Waals surface area contributed by atoms with Crippen LogP contribution in [0, 0.1) is 16.7 Å². The topological polar surface area (TPSA) is 95.6 Å². The van der Waals surface area contributed by atoms with Crippen molar-refractivity contribution in [2.24, 2.45) is 5.41 Å². The Balaban J connectivity index is 2.05. The molecule has 0 bridgehead atoms. The van der Waals surface area contributed by atoms with Gasteiger partial charge in [-0.05, 0) is 30.0 Å². The summed E-state index contributed by atoms with van der Waals surface area (Å²) in [5.41, 5.74) is 11.9. The number of nitrogens with zero attached hydrogens (tertiary/aromatic N) is 2. The molecule has 3 N–H and O–H groups in total. The van der Waals surface area contributed by atoms with E-state index in [9.17, 15) is 10.1 Å². The Morgan fingerprint density at radius 2 is 1.89 bits per heavy atom. The summed E-state index contributed by atoms with van der Waals surface area (Å²) >= 11 is 0. The average Bonchev–Trinajstić information content (AvgIpc) is 3.01. The quantitative estimate of drug-likeness (QED) is 0.667. The number of para-hydroxylation sites is 1. The third kappa shape index (κ3) is 2.80. The Kier molecular flexibility index (Phi) is 3.85. The highest BCUT2D eigenvalue weighted by Gasteiger charge is 2.36. The SMILES string of the molecule is CC1(C)CC(=O)c2c([nH]c(-c3ccncc3)c2-c2cccc(C#N)c2N)C1. The number of benzene rings is 1. The molecule has 0 saturated heterocycles. The summed E-state index contributed by atoms with van der Waals surface area (Å²) in [6.07, 6.45) is 4.71. The van der Waals surface area contributed by atoms with Crippen LogP contribution in [0.4, 0.5) is 5.69 Å². The second-order valence-electron chi connectivity index (χ2n) is 7.78. The summed E-state index contributed by atoms with van der Waals surface area (Å²) in [7, 11) is 0. The molecule has 0 saturated carbocycles. The summed E-state index contributed by atoms with van der Waals surface area (Å²) in [4.78, 5) is 20.6.